The maximum atomic E-state index is 13.7. The molecule has 36 heavy (non-hydrogen) atoms. The lowest BCUT2D eigenvalue weighted by molar-refractivity contribution is -0.119. The Balaban J connectivity index is 1.28. The van der Waals surface area contributed by atoms with E-state index in [1.807, 2.05) is 42.5 Å². The summed E-state index contributed by atoms with van der Waals surface area (Å²) in [6.07, 6.45) is 1.75. The van der Waals surface area contributed by atoms with Crippen LogP contribution in [0.3, 0.4) is 0 Å². The van der Waals surface area contributed by atoms with E-state index in [4.69, 9.17) is 17.0 Å². The molecule has 8 nitrogen and oxygen atoms in total. The molecule has 2 aromatic carbocycles. The molecule has 3 saturated heterocycles. The van der Waals surface area contributed by atoms with Gasteiger partial charge in [-0.15, -0.1) is 0 Å². The molecule has 0 aliphatic carbocycles. The Hall–Kier alpha value is -2.75. The van der Waals surface area contributed by atoms with Crippen molar-refractivity contribution in [2.24, 2.45) is 5.41 Å². The Bertz CT molecular complexity index is 1140. The van der Waals surface area contributed by atoms with Crippen molar-refractivity contribution in [3.63, 3.8) is 0 Å². The standard InChI is InChI=1S/C27H35N5O3S/c1-27(2)17-22(31(18-27)26(36)28-11-6-12-30-13-15-35-16-14-30)23-24(33)32(25(34)29-23)21-10-5-8-19-7-3-4-9-20(19)21/h3-5,7-10,22-23H,6,11-18H2,1-2H3,(H,28,36)(H,29,34)/t22?,23-/m0/s1. The summed E-state index contributed by atoms with van der Waals surface area (Å²) < 4.78 is 5.42. The fraction of sp³-hybridized carbons (Fsp3) is 0.519. The van der Waals surface area contributed by atoms with E-state index in [-0.39, 0.29) is 23.4 Å². The van der Waals surface area contributed by atoms with Crippen molar-refractivity contribution in [2.45, 2.75) is 38.8 Å². The molecule has 3 heterocycles. The van der Waals surface area contributed by atoms with Gasteiger partial charge in [0.1, 0.15) is 6.04 Å². The lowest BCUT2D eigenvalue weighted by Crippen LogP contribution is -2.53. The van der Waals surface area contributed by atoms with E-state index in [0.29, 0.717) is 10.8 Å². The third kappa shape index (κ3) is 5.05. The van der Waals surface area contributed by atoms with Gasteiger partial charge in [-0.1, -0.05) is 50.2 Å². The lowest BCUT2D eigenvalue weighted by atomic mass is 9.88. The van der Waals surface area contributed by atoms with Gasteiger partial charge in [0.25, 0.3) is 5.91 Å². The van der Waals surface area contributed by atoms with Gasteiger partial charge in [-0.05, 0) is 48.5 Å². The summed E-state index contributed by atoms with van der Waals surface area (Å²) in [6.45, 7) is 10.4. The maximum absolute atomic E-state index is 13.7. The van der Waals surface area contributed by atoms with E-state index in [9.17, 15) is 9.59 Å². The highest BCUT2D eigenvalue weighted by molar-refractivity contribution is 7.80. The van der Waals surface area contributed by atoms with Gasteiger partial charge in [0.2, 0.25) is 0 Å². The number of carbonyl (C=O) groups excluding carboxylic acids is 2. The first-order valence-electron chi connectivity index (χ1n) is 12.8. The third-order valence-electron chi connectivity index (χ3n) is 7.41. The van der Waals surface area contributed by atoms with E-state index in [1.54, 1.807) is 0 Å². The highest BCUT2D eigenvalue weighted by Crippen LogP contribution is 2.38. The lowest BCUT2D eigenvalue weighted by Gasteiger charge is -2.31. The van der Waals surface area contributed by atoms with Crippen molar-refractivity contribution in [2.75, 3.05) is 50.8 Å². The molecule has 2 N–H and O–H groups in total. The molecule has 0 spiro atoms. The van der Waals surface area contributed by atoms with Crippen LogP contribution < -0.4 is 15.5 Å². The van der Waals surface area contributed by atoms with E-state index in [0.717, 1.165) is 69.6 Å². The Morgan fingerprint density at radius 1 is 1.14 bits per heavy atom. The van der Waals surface area contributed by atoms with Crippen molar-refractivity contribution in [3.8, 4) is 0 Å². The average molecular weight is 510 g/mol. The summed E-state index contributed by atoms with van der Waals surface area (Å²) >= 11 is 5.80. The van der Waals surface area contributed by atoms with Crippen LogP contribution in [0.5, 0.6) is 0 Å². The van der Waals surface area contributed by atoms with Crippen LogP contribution >= 0.6 is 12.2 Å². The number of hydrogen-bond acceptors (Lipinski definition) is 5. The number of anilines is 1. The van der Waals surface area contributed by atoms with Crippen LogP contribution in [0.2, 0.25) is 0 Å². The van der Waals surface area contributed by atoms with Gasteiger partial charge in [0, 0.05) is 31.6 Å². The van der Waals surface area contributed by atoms with Crippen LogP contribution in [-0.2, 0) is 9.53 Å². The van der Waals surface area contributed by atoms with Gasteiger partial charge in [-0.25, -0.2) is 9.69 Å². The molecule has 3 fully saturated rings. The zero-order valence-electron chi connectivity index (χ0n) is 21.0. The van der Waals surface area contributed by atoms with Crippen LogP contribution in [0.1, 0.15) is 26.7 Å². The molecule has 2 aromatic rings. The van der Waals surface area contributed by atoms with E-state index < -0.39 is 6.04 Å². The molecular formula is C27H35N5O3S. The van der Waals surface area contributed by atoms with Crippen molar-refractivity contribution >= 4 is 45.7 Å². The summed E-state index contributed by atoms with van der Waals surface area (Å²) in [6, 6.07) is 12.3. The smallest absolute Gasteiger partial charge is 0.329 e. The molecule has 1 unspecified atom stereocenters. The topological polar surface area (TPSA) is 77.2 Å². The minimum Gasteiger partial charge on any atom is -0.379 e. The summed E-state index contributed by atoms with van der Waals surface area (Å²) in [5, 5.41) is 8.91. The molecule has 5 rings (SSSR count). The second-order valence-electron chi connectivity index (χ2n) is 10.7. The Labute approximate surface area is 217 Å². The first kappa shape index (κ1) is 24.9. The number of ether oxygens (including phenoxy) is 1. The van der Waals surface area contributed by atoms with Crippen LogP contribution in [0, 0.1) is 5.41 Å². The Morgan fingerprint density at radius 3 is 2.69 bits per heavy atom. The number of thiocarbonyl (C=S) groups is 1. The van der Waals surface area contributed by atoms with Gasteiger partial charge in [-0.2, -0.15) is 0 Å². The summed E-state index contributed by atoms with van der Waals surface area (Å²) in [4.78, 5) is 32.6. The summed E-state index contributed by atoms with van der Waals surface area (Å²) in [7, 11) is 0. The number of nitrogens with zero attached hydrogens (tertiary/aromatic N) is 3. The SMILES string of the molecule is CC1(C)CC([C@@H]2NC(=O)N(c3cccc4ccccc34)C2=O)N(C(=S)NCCCN2CCOCC2)C1. The molecule has 192 valence electrons. The van der Waals surface area contributed by atoms with E-state index in [1.165, 1.54) is 4.90 Å². The number of carbonyl (C=O) groups is 2. The second-order valence-corrected chi connectivity index (χ2v) is 11.1. The van der Waals surface area contributed by atoms with Gasteiger partial charge < -0.3 is 20.3 Å². The molecule has 0 bridgehead atoms. The van der Waals surface area contributed by atoms with Gasteiger partial charge in [-0.3, -0.25) is 9.69 Å². The normalized spacial score (nSPS) is 24.4. The summed E-state index contributed by atoms with van der Waals surface area (Å²) in [5.41, 5.74) is 0.591. The first-order valence-corrected chi connectivity index (χ1v) is 13.2. The van der Waals surface area contributed by atoms with Crippen molar-refractivity contribution in [1.29, 1.82) is 0 Å². The molecule has 9 heteroatoms. The highest BCUT2D eigenvalue weighted by Gasteiger charge is 2.51. The number of fused-ring (bicyclic) bond motifs is 1. The van der Waals surface area contributed by atoms with Gasteiger partial charge in [0.05, 0.1) is 24.9 Å². The minimum atomic E-state index is -0.647. The van der Waals surface area contributed by atoms with Crippen molar-refractivity contribution in [1.82, 2.24) is 20.4 Å². The number of urea groups is 1. The largest absolute Gasteiger partial charge is 0.379 e. The monoisotopic (exact) mass is 509 g/mol. The number of likely N-dealkylation sites (tertiary alicyclic amines) is 1. The Kier molecular flexibility index (Phi) is 7.14. The average Bonchev–Trinajstić information content (AvgIpc) is 3.36. The molecule has 0 aromatic heterocycles. The minimum absolute atomic E-state index is 0.0257. The zero-order valence-corrected chi connectivity index (χ0v) is 21.9. The predicted molar refractivity (Wildman–Crippen MR) is 145 cm³/mol. The number of nitrogens with one attached hydrogen (secondary N) is 2. The van der Waals surface area contributed by atoms with Crippen LogP contribution in [0.15, 0.2) is 42.5 Å². The zero-order chi connectivity index (χ0) is 25.3. The molecule has 3 aliphatic rings. The third-order valence-corrected chi connectivity index (χ3v) is 7.79. The van der Waals surface area contributed by atoms with E-state index in [2.05, 4.69) is 34.3 Å². The van der Waals surface area contributed by atoms with Crippen molar-refractivity contribution < 1.29 is 14.3 Å². The number of hydrogen-bond donors (Lipinski definition) is 2. The van der Waals surface area contributed by atoms with Gasteiger partial charge in [0.15, 0.2) is 5.11 Å². The van der Waals surface area contributed by atoms with Crippen LogP contribution in [0.25, 0.3) is 10.8 Å². The Morgan fingerprint density at radius 2 is 1.89 bits per heavy atom. The number of benzene rings is 2. The maximum Gasteiger partial charge on any atom is 0.329 e. The van der Waals surface area contributed by atoms with Crippen LogP contribution in [-0.4, -0.2) is 84.9 Å². The van der Waals surface area contributed by atoms with Crippen molar-refractivity contribution in [3.05, 3.63) is 42.5 Å². The number of rotatable bonds is 6. The fourth-order valence-corrected chi connectivity index (χ4v) is 5.96. The summed E-state index contributed by atoms with van der Waals surface area (Å²) in [5.74, 6) is -0.223. The molecule has 0 radical (unpaired) electrons. The van der Waals surface area contributed by atoms with Crippen LogP contribution in [0.4, 0.5) is 10.5 Å². The fourth-order valence-electron chi connectivity index (χ4n) is 5.65. The number of amides is 3. The molecular weight excluding hydrogens is 474 g/mol. The molecule has 3 amide bonds. The number of imide groups is 1. The first-order chi connectivity index (χ1) is 17.3. The van der Waals surface area contributed by atoms with Gasteiger partial charge >= 0.3 is 6.03 Å². The molecule has 2 atom stereocenters. The molecule has 3 aliphatic heterocycles. The second kappa shape index (κ2) is 10.3. The number of morpholine rings is 1. The molecule has 0 saturated carbocycles. The predicted octanol–water partition coefficient (Wildman–Crippen LogP) is 2.96. The van der Waals surface area contributed by atoms with E-state index >= 15 is 0 Å². The highest BCUT2D eigenvalue weighted by atomic mass is 32.1. The quantitative estimate of drug-likeness (QED) is 0.352.